The van der Waals surface area contributed by atoms with Crippen LogP contribution in [0.15, 0.2) is 0 Å². The molecule has 0 aromatic rings. The fraction of sp³-hybridized carbons (Fsp3) is 0.600. The third-order valence-electron chi connectivity index (χ3n) is 2.18. The van der Waals surface area contributed by atoms with Gasteiger partial charge in [0.2, 0.25) is 5.91 Å². The van der Waals surface area contributed by atoms with Crippen LogP contribution in [0.2, 0.25) is 0 Å². The van der Waals surface area contributed by atoms with Gasteiger partial charge in [-0.3, -0.25) is 9.59 Å². The van der Waals surface area contributed by atoms with Crippen molar-refractivity contribution in [2.75, 3.05) is 7.11 Å². The first-order chi connectivity index (χ1) is 7.92. The zero-order valence-electron chi connectivity index (χ0n) is 9.73. The van der Waals surface area contributed by atoms with Crippen LogP contribution in [0.1, 0.15) is 19.8 Å². The highest BCUT2D eigenvalue weighted by molar-refractivity contribution is 6.26. The molecule has 0 aliphatic rings. The lowest BCUT2D eigenvalue weighted by Gasteiger charge is -2.16. The fourth-order valence-electron chi connectivity index (χ4n) is 1.01. The van der Waals surface area contributed by atoms with Gasteiger partial charge in [0.15, 0.2) is 5.78 Å². The van der Waals surface area contributed by atoms with Crippen molar-refractivity contribution in [1.82, 2.24) is 5.32 Å². The summed E-state index contributed by atoms with van der Waals surface area (Å²) in [4.78, 5) is 33.0. The summed E-state index contributed by atoms with van der Waals surface area (Å²) < 4.78 is 4.73. The molecule has 0 heterocycles. The Morgan fingerprint density at radius 1 is 1.47 bits per heavy atom. The summed E-state index contributed by atoms with van der Waals surface area (Å²) >= 11 is 0. The number of carboxylic acids is 1. The second-order valence-electron chi connectivity index (χ2n) is 3.43. The van der Waals surface area contributed by atoms with Crippen molar-refractivity contribution in [2.24, 2.45) is 0 Å². The van der Waals surface area contributed by atoms with E-state index in [2.05, 4.69) is 5.32 Å². The van der Waals surface area contributed by atoms with Gasteiger partial charge in [0.25, 0.3) is 0 Å². The molecule has 0 radical (unpaired) electrons. The van der Waals surface area contributed by atoms with Crippen molar-refractivity contribution in [1.29, 1.82) is 5.41 Å². The maximum Gasteiger partial charge on any atom is 0.326 e. The van der Waals surface area contributed by atoms with Gasteiger partial charge in [-0.1, -0.05) is 0 Å². The molecule has 17 heavy (non-hydrogen) atoms. The number of ether oxygens (including phenoxy) is 1. The van der Waals surface area contributed by atoms with E-state index >= 15 is 0 Å². The number of aliphatic carboxylic acids is 1. The molecule has 0 saturated carbocycles. The molecule has 0 fully saturated rings. The number of hydrogen-bond donors (Lipinski definition) is 3. The van der Waals surface area contributed by atoms with E-state index in [1.807, 2.05) is 0 Å². The number of methoxy groups -OCH3 is 1. The van der Waals surface area contributed by atoms with Crippen molar-refractivity contribution in [3.8, 4) is 0 Å². The van der Waals surface area contributed by atoms with Crippen LogP contribution >= 0.6 is 0 Å². The SMILES string of the molecule is CO[C@@H](C)C(=O)N[C@@H](CCC(=O)C=N)C(=O)O. The monoisotopic (exact) mass is 244 g/mol. The van der Waals surface area contributed by atoms with Crippen LogP contribution in [0.3, 0.4) is 0 Å². The van der Waals surface area contributed by atoms with E-state index < -0.39 is 29.8 Å². The number of hydrogen-bond acceptors (Lipinski definition) is 5. The Morgan fingerprint density at radius 3 is 2.47 bits per heavy atom. The summed E-state index contributed by atoms with van der Waals surface area (Å²) in [5, 5.41) is 17.8. The summed E-state index contributed by atoms with van der Waals surface area (Å²) in [7, 11) is 1.33. The smallest absolute Gasteiger partial charge is 0.326 e. The predicted octanol–water partition coefficient (Wildman–Crippen LogP) is -0.410. The summed E-state index contributed by atoms with van der Waals surface area (Å²) in [6, 6.07) is -1.15. The Bertz CT molecular complexity index is 316. The standard InChI is InChI=1S/C10H16N2O5/c1-6(17-2)9(14)12-8(10(15)16)4-3-7(13)5-11/h5-6,8,11H,3-4H2,1-2H3,(H,12,14)(H,15,16)/t6-,8-/m0/s1. The van der Waals surface area contributed by atoms with Crippen LogP contribution in [0.4, 0.5) is 0 Å². The summed E-state index contributed by atoms with van der Waals surface area (Å²) in [6.07, 6.45) is -0.276. The van der Waals surface area contributed by atoms with Crippen LogP contribution < -0.4 is 5.32 Å². The second kappa shape index (κ2) is 7.50. The molecule has 0 aromatic carbocycles. The minimum Gasteiger partial charge on any atom is -0.480 e. The number of carboxylic acid groups (broad SMARTS) is 1. The van der Waals surface area contributed by atoms with Gasteiger partial charge in [0.05, 0.1) is 6.21 Å². The molecule has 0 unspecified atom stereocenters. The molecule has 7 nitrogen and oxygen atoms in total. The van der Waals surface area contributed by atoms with Crippen molar-refractivity contribution in [2.45, 2.75) is 31.9 Å². The first-order valence-electron chi connectivity index (χ1n) is 5.01. The van der Waals surface area contributed by atoms with E-state index in [4.69, 9.17) is 15.3 Å². The number of carbonyl (C=O) groups excluding carboxylic acids is 2. The molecular formula is C10H16N2O5. The molecule has 1 amide bonds. The second-order valence-corrected chi connectivity index (χ2v) is 3.43. The molecule has 0 aliphatic carbocycles. The molecule has 3 N–H and O–H groups in total. The maximum absolute atomic E-state index is 11.4. The van der Waals surface area contributed by atoms with Gasteiger partial charge >= 0.3 is 5.97 Å². The van der Waals surface area contributed by atoms with E-state index in [1.54, 1.807) is 0 Å². The number of nitrogens with one attached hydrogen (secondary N) is 2. The van der Waals surface area contributed by atoms with Gasteiger partial charge in [-0.05, 0) is 13.3 Å². The first kappa shape index (κ1) is 15.2. The number of rotatable bonds is 8. The molecular weight excluding hydrogens is 228 g/mol. The lowest BCUT2D eigenvalue weighted by molar-refractivity contribution is -0.143. The van der Waals surface area contributed by atoms with Crippen LogP contribution in [0, 0.1) is 5.41 Å². The first-order valence-corrected chi connectivity index (χ1v) is 5.01. The van der Waals surface area contributed by atoms with E-state index in [-0.39, 0.29) is 12.8 Å². The minimum atomic E-state index is -1.22. The number of ketones is 1. The van der Waals surface area contributed by atoms with Crippen LogP contribution in [-0.2, 0) is 19.1 Å². The third-order valence-corrected chi connectivity index (χ3v) is 2.18. The Labute approximate surface area is 98.7 Å². The lowest BCUT2D eigenvalue weighted by Crippen LogP contribution is -2.45. The number of Topliss-reactive ketones (excluding diaryl/α,β-unsaturated/α-hetero) is 1. The zero-order valence-corrected chi connectivity index (χ0v) is 9.73. The van der Waals surface area contributed by atoms with Crippen molar-refractivity contribution in [3.63, 3.8) is 0 Å². The number of carbonyl (C=O) groups is 3. The van der Waals surface area contributed by atoms with Gasteiger partial charge in [0, 0.05) is 13.5 Å². The highest BCUT2D eigenvalue weighted by atomic mass is 16.5. The predicted molar refractivity (Wildman–Crippen MR) is 59.1 cm³/mol. The molecule has 0 bridgehead atoms. The minimum absolute atomic E-state index is 0.0499. The summed E-state index contributed by atoms with van der Waals surface area (Å²) in [5.41, 5.74) is 0. The normalized spacial score (nSPS) is 13.5. The average molecular weight is 244 g/mol. The summed E-state index contributed by atoms with van der Waals surface area (Å²) in [5.74, 6) is -2.26. The highest BCUT2D eigenvalue weighted by Crippen LogP contribution is 2.00. The summed E-state index contributed by atoms with van der Waals surface area (Å²) in [6.45, 7) is 1.48. The quantitative estimate of drug-likeness (QED) is 0.502. The maximum atomic E-state index is 11.4. The van der Waals surface area contributed by atoms with Gasteiger partial charge in [-0.2, -0.15) is 0 Å². The van der Waals surface area contributed by atoms with Crippen molar-refractivity contribution < 1.29 is 24.2 Å². The molecule has 0 aromatic heterocycles. The van der Waals surface area contributed by atoms with E-state index in [0.717, 1.165) is 0 Å². The largest absolute Gasteiger partial charge is 0.480 e. The average Bonchev–Trinajstić information content (AvgIpc) is 2.31. The van der Waals surface area contributed by atoms with E-state index in [1.165, 1.54) is 14.0 Å². The third kappa shape index (κ3) is 5.76. The van der Waals surface area contributed by atoms with Gasteiger partial charge < -0.3 is 20.6 Å². The van der Waals surface area contributed by atoms with Crippen molar-refractivity contribution >= 4 is 23.9 Å². The van der Waals surface area contributed by atoms with Crippen LogP contribution in [-0.4, -0.2) is 48.2 Å². The van der Waals surface area contributed by atoms with Crippen LogP contribution in [0.5, 0.6) is 0 Å². The molecule has 0 spiro atoms. The number of amides is 1. The zero-order chi connectivity index (χ0) is 13.4. The van der Waals surface area contributed by atoms with Crippen LogP contribution in [0.25, 0.3) is 0 Å². The lowest BCUT2D eigenvalue weighted by atomic mass is 10.1. The molecule has 7 heteroatoms. The van der Waals surface area contributed by atoms with E-state index in [9.17, 15) is 14.4 Å². The van der Waals surface area contributed by atoms with E-state index in [0.29, 0.717) is 6.21 Å². The Kier molecular flexibility index (Phi) is 6.73. The molecule has 0 rings (SSSR count). The van der Waals surface area contributed by atoms with Crippen molar-refractivity contribution in [3.05, 3.63) is 0 Å². The molecule has 96 valence electrons. The Morgan fingerprint density at radius 2 is 2.06 bits per heavy atom. The fourth-order valence-corrected chi connectivity index (χ4v) is 1.01. The highest BCUT2D eigenvalue weighted by Gasteiger charge is 2.23. The van der Waals surface area contributed by atoms with Gasteiger partial charge in [-0.15, -0.1) is 0 Å². The molecule has 0 saturated heterocycles. The Hall–Kier alpha value is -1.76. The van der Waals surface area contributed by atoms with Gasteiger partial charge in [0.1, 0.15) is 12.1 Å². The molecule has 2 atom stereocenters. The Balaban J connectivity index is 4.34. The molecule has 0 aliphatic heterocycles. The topological polar surface area (TPSA) is 117 Å². The van der Waals surface area contributed by atoms with Gasteiger partial charge in [-0.25, -0.2) is 4.79 Å².